The highest BCUT2D eigenvalue weighted by Crippen LogP contribution is 2.50. The van der Waals surface area contributed by atoms with Crippen molar-refractivity contribution in [3.63, 3.8) is 0 Å². The minimum Gasteiger partial charge on any atom is -0.507 e. The van der Waals surface area contributed by atoms with Crippen LogP contribution in [0.1, 0.15) is 57.7 Å². The van der Waals surface area contributed by atoms with E-state index in [9.17, 15) is 19.4 Å². The van der Waals surface area contributed by atoms with Gasteiger partial charge in [-0.1, -0.05) is 26.8 Å². The molecule has 34 heavy (non-hydrogen) atoms. The summed E-state index contributed by atoms with van der Waals surface area (Å²) in [4.78, 5) is 10.9. The lowest BCUT2D eigenvalue weighted by atomic mass is 9.67. The molecule has 182 valence electrons. The van der Waals surface area contributed by atoms with Crippen LogP contribution in [-0.2, 0) is 20.4 Å². The van der Waals surface area contributed by atoms with E-state index in [2.05, 4.69) is 6.92 Å². The van der Waals surface area contributed by atoms with E-state index in [4.69, 9.17) is 9.84 Å². The molecule has 1 heterocycles. The van der Waals surface area contributed by atoms with E-state index < -0.39 is 11.4 Å². The van der Waals surface area contributed by atoms with Crippen molar-refractivity contribution in [2.45, 2.75) is 63.4 Å². The minimum atomic E-state index is -0.979. The molecule has 2 aromatic carbocycles. The number of aliphatic hydroxyl groups is 1. The fraction of sp³-hybridized carbons (Fsp3) is 0.444. The van der Waals surface area contributed by atoms with Crippen LogP contribution < -0.4 is 0 Å². The molecule has 1 aromatic heterocycles. The highest BCUT2D eigenvalue weighted by Gasteiger charge is 2.42. The van der Waals surface area contributed by atoms with Gasteiger partial charge in [0.1, 0.15) is 18.2 Å². The Bertz CT molecular complexity index is 1190. The van der Waals surface area contributed by atoms with Crippen molar-refractivity contribution in [1.82, 2.24) is 4.57 Å². The van der Waals surface area contributed by atoms with Crippen LogP contribution in [-0.4, -0.2) is 45.2 Å². The Balaban J connectivity index is 1.92. The summed E-state index contributed by atoms with van der Waals surface area (Å²) in [5, 5.41) is 31.1. The Hall–Kier alpha value is -2.90. The molecule has 0 radical (unpaired) electrons. The number of aromatic hydroxyl groups is 1. The number of rotatable bonds is 7. The normalized spacial score (nSPS) is 21.1. The lowest BCUT2D eigenvalue weighted by molar-refractivity contribution is -0.145. The number of carboxylic acid groups (broad SMARTS) is 1. The van der Waals surface area contributed by atoms with Crippen molar-refractivity contribution in [2.75, 3.05) is 13.2 Å². The van der Waals surface area contributed by atoms with Gasteiger partial charge in [-0.15, -0.1) is 0 Å². The first kappa shape index (κ1) is 24.2. The third kappa shape index (κ3) is 4.30. The van der Waals surface area contributed by atoms with E-state index in [1.165, 1.54) is 12.1 Å². The van der Waals surface area contributed by atoms with E-state index in [0.29, 0.717) is 12.8 Å². The maximum atomic E-state index is 13.7. The summed E-state index contributed by atoms with van der Waals surface area (Å²) in [5.41, 5.74) is 2.40. The summed E-state index contributed by atoms with van der Waals surface area (Å²) in [6.07, 6.45) is 2.74. The number of aliphatic carboxylic acids is 1. The van der Waals surface area contributed by atoms with Gasteiger partial charge in [0.15, 0.2) is 0 Å². The predicted octanol–water partition coefficient (Wildman–Crippen LogP) is 5.05. The fourth-order valence-electron chi connectivity index (χ4n) is 5.32. The Morgan fingerprint density at radius 3 is 2.41 bits per heavy atom. The molecule has 7 heteroatoms. The summed E-state index contributed by atoms with van der Waals surface area (Å²) in [6, 6.07) is 11.6. The number of phenols is 1. The molecule has 3 aromatic rings. The van der Waals surface area contributed by atoms with Crippen LogP contribution in [0.2, 0.25) is 0 Å². The standard InChI is InChI=1S/C27H32FNO5/c1-26(2,16-30)25-24(27(3)13-11-19(12-14-27)34-15-22(32)33)23-20(5-4-6-21(23)31)29(25)18-9-7-17(28)8-10-18/h4-10,19,30-31H,11-16H2,1-3H3,(H,32,33). The topological polar surface area (TPSA) is 91.9 Å². The number of halogens is 1. The number of nitrogens with zero attached hydrogens (tertiary/aromatic N) is 1. The monoisotopic (exact) mass is 469 g/mol. The number of aliphatic hydroxyl groups excluding tert-OH is 1. The second-order valence-corrected chi connectivity index (χ2v) is 10.2. The van der Waals surface area contributed by atoms with Crippen molar-refractivity contribution >= 4 is 16.9 Å². The predicted molar refractivity (Wildman–Crippen MR) is 128 cm³/mol. The molecular formula is C27H32FNO5. The van der Waals surface area contributed by atoms with Crippen LogP contribution in [0.15, 0.2) is 42.5 Å². The molecule has 0 bridgehead atoms. The second-order valence-electron chi connectivity index (χ2n) is 10.2. The molecule has 0 atom stereocenters. The highest BCUT2D eigenvalue weighted by molar-refractivity contribution is 5.94. The van der Waals surface area contributed by atoms with E-state index in [1.807, 2.05) is 24.5 Å². The zero-order chi connectivity index (χ0) is 24.7. The molecule has 0 unspecified atom stereocenters. The molecule has 1 aliphatic rings. The van der Waals surface area contributed by atoms with Gasteiger partial charge in [0, 0.05) is 22.2 Å². The maximum Gasteiger partial charge on any atom is 0.329 e. The van der Waals surface area contributed by atoms with E-state index in [1.54, 1.807) is 24.3 Å². The SMILES string of the molecule is CC(C)(CO)c1c(C2(C)CCC(OCC(=O)O)CC2)c2c(O)cccc2n1-c1ccc(F)cc1. The highest BCUT2D eigenvalue weighted by atomic mass is 19.1. The molecular weight excluding hydrogens is 437 g/mol. The van der Waals surface area contributed by atoms with Gasteiger partial charge in [-0.05, 0) is 73.1 Å². The van der Waals surface area contributed by atoms with Gasteiger partial charge in [0.25, 0.3) is 0 Å². The Kier molecular flexibility index (Phi) is 6.44. The Morgan fingerprint density at radius 2 is 1.82 bits per heavy atom. The molecule has 6 nitrogen and oxygen atoms in total. The van der Waals surface area contributed by atoms with Gasteiger partial charge in [0.2, 0.25) is 0 Å². The van der Waals surface area contributed by atoms with Crippen molar-refractivity contribution in [3.05, 3.63) is 59.5 Å². The number of hydrogen-bond acceptors (Lipinski definition) is 4. The molecule has 0 amide bonds. The van der Waals surface area contributed by atoms with Crippen LogP contribution in [0, 0.1) is 5.82 Å². The zero-order valence-corrected chi connectivity index (χ0v) is 19.8. The van der Waals surface area contributed by atoms with Gasteiger partial charge < -0.3 is 24.6 Å². The second kappa shape index (κ2) is 9.04. The fourth-order valence-corrected chi connectivity index (χ4v) is 5.32. The zero-order valence-electron chi connectivity index (χ0n) is 19.8. The van der Waals surface area contributed by atoms with Crippen LogP contribution in [0.25, 0.3) is 16.6 Å². The van der Waals surface area contributed by atoms with Gasteiger partial charge in [-0.3, -0.25) is 0 Å². The van der Waals surface area contributed by atoms with Crippen molar-refractivity contribution in [2.24, 2.45) is 0 Å². The molecule has 1 saturated carbocycles. The Morgan fingerprint density at radius 1 is 1.18 bits per heavy atom. The summed E-state index contributed by atoms with van der Waals surface area (Å²) >= 11 is 0. The number of phenolic OH excluding ortho intramolecular Hbond substituents is 1. The molecule has 0 saturated heterocycles. The molecule has 1 fully saturated rings. The third-order valence-corrected chi connectivity index (χ3v) is 7.18. The smallest absolute Gasteiger partial charge is 0.329 e. The van der Waals surface area contributed by atoms with Crippen LogP contribution in [0.5, 0.6) is 5.75 Å². The summed E-state index contributed by atoms with van der Waals surface area (Å²) in [7, 11) is 0. The van der Waals surface area contributed by atoms with Crippen molar-refractivity contribution in [3.8, 4) is 11.4 Å². The van der Waals surface area contributed by atoms with Crippen LogP contribution in [0.4, 0.5) is 4.39 Å². The molecule has 3 N–H and O–H groups in total. The number of benzene rings is 2. The average Bonchev–Trinajstić information content (AvgIpc) is 3.17. The lowest BCUT2D eigenvalue weighted by Crippen LogP contribution is -2.36. The number of carboxylic acids is 1. The van der Waals surface area contributed by atoms with Crippen molar-refractivity contribution < 1.29 is 29.2 Å². The number of hydrogen-bond donors (Lipinski definition) is 3. The summed E-state index contributed by atoms with van der Waals surface area (Å²) in [6.45, 7) is 5.67. The number of fused-ring (bicyclic) bond motifs is 1. The lowest BCUT2D eigenvalue weighted by Gasteiger charge is -2.40. The van der Waals surface area contributed by atoms with Gasteiger partial charge >= 0.3 is 5.97 Å². The minimum absolute atomic E-state index is 0.112. The molecule has 1 aliphatic carbocycles. The Labute approximate surface area is 198 Å². The van der Waals surface area contributed by atoms with Gasteiger partial charge in [-0.25, -0.2) is 9.18 Å². The van der Waals surface area contributed by atoms with Crippen molar-refractivity contribution in [1.29, 1.82) is 0 Å². The van der Waals surface area contributed by atoms with E-state index >= 15 is 0 Å². The van der Waals surface area contributed by atoms with Gasteiger partial charge in [0.05, 0.1) is 18.2 Å². The first-order chi connectivity index (χ1) is 16.1. The van der Waals surface area contributed by atoms with Crippen LogP contribution in [0.3, 0.4) is 0 Å². The van der Waals surface area contributed by atoms with Crippen LogP contribution >= 0.6 is 0 Å². The summed E-state index contributed by atoms with van der Waals surface area (Å²) < 4.78 is 21.3. The average molecular weight is 470 g/mol. The first-order valence-corrected chi connectivity index (χ1v) is 11.6. The third-order valence-electron chi connectivity index (χ3n) is 7.18. The van der Waals surface area contributed by atoms with Gasteiger partial charge in [-0.2, -0.15) is 0 Å². The largest absolute Gasteiger partial charge is 0.507 e. The maximum absolute atomic E-state index is 13.7. The first-order valence-electron chi connectivity index (χ1n) is 11.6. The van der Waals surface area contributed by atoms with E-state index in [-0.39, 0.29) is 36.3 Å². The van der Waals surface area contributed by atoms with E-state index in [0.717, 1.165) is 40.7 Å². The molecule has 0 aliphatic heterocycles. The number of aromatic nitrogens is 1. The number of ether oxygens (including phenoxy) is 1. The molecule has 0 spiro atoms. The summed E-state index contributed by atoms with van der Waals surface area (Å²) in [5.74, 6) is -1.15. The quantitative estimate of drug-likeness (QED) is 0.451. The number of carbonyl (C=O) groups is 1. The molecule has 4 rings (SSSR count).